The lowest BCUT2D eigenvalue weighted by Gasteiger charge is -2.27. The summed E-state index contributed by atoms with van der Waals surface area (Å²) < 4.78 is 0. The topological polar surface area (TPSA) is 55.9 Å². The minimum Gasteiger partial charge on any atom is -0.339 e. The summed E-state index contributed by atoms with van der Waals surface area (Å²) in [4.78, 5) is 30.9. The molecule has 0 aliphatic heterocycles. The van der Waals surface area contributed by atoms with Crippen LogP contribution in [0.25, 0.3) is 0 Å². The normalized spacial score (nSPS) is 26.5. The molecule has 1 aromatic carbocycles. The molecule has 4 atom stereocenters. The Balaban J connectivity index is 1.55. The third kappa shape index (κ3) is 4.73. The summed E-state index contributed by atoms with van der Waals surface area (Å²) in [5.41, 5.74) is 1.40. The highest BCUT2D eigenvalue weighted by molar-refractivity contribution is 5.96. The number of likely N-dealkylation sites (N-methyl/N-ethyl adjacent to an activating group) is 1. The second-order valence-electron chi connectivity index (χ2n) is 9.01. The van der Waals surface area contributed by atoms with Gasteiger partial charge in [0.25, 0.3) is 5.91 Å². The zero-order valence-corrected chi connectivity index (χ0v) is 17.8. The Bertz CT molecular complexity index is 687. The summed E-state index contributed by atoms with van der Waals surface area (Å²) in [7, 11) is 9.99. The summed E-state index contributed by atoms with van der Waals surface area (Å²) in [6.45, 7) is 0.335. The first-order valence-corrected chi connectivity index (χ1v) is 10.2. The molecule has 2 fully saturated rings. The van der Waals surface area contributed by atoms with Crippen molar-refractivity contribution in [2.24, 2.45) is 11.8 Å². The first-order valence-electron chi connectivity index (χ1n) is 10.2. The molecule has 0 saturated heterocycles. The van der Waals surface area contributed by atoms with Gasteiger partial charge in [0.15, 0.2) is 0 Å². The van der Waals surface area contributed by atoms with Crippen LogP contribution >= 0.6 is 0 Å². The maximum absolute atomic E-state index is 12.9. The lowest BCUT2D eigenvalue weighted by Crippen LogP contribution is -2.36. The van der Waals surface area contributed by atoms with Crippen molar-refractivity contribution in [2.75, 3.05) is 47.1 Å². The molecular formula is C22H34N4O2. The van der Waals surface area contributed by atoms with Crippen molar-refractivity contribution in [3.63, 3.8) is 0 Å². The number of nitrogens with one attached hydrogen (secondary N) is 1. The zero-order chi connectivity index (χ0) is 20.4. The van der Waals surface area contributed by atoms with Gasteiger partial charge in [0.2, 0.25) is 5.91 Å². The van der Waals surface area contributed by atoms with E-state index in [0.29, 0.717) is 24.2 Å². The van der Waals surface area contributed by atoms with Crippen molar-refractivity contribution in [1.82, 2.24) is 14.7 Å². The molecule has 2 amide bonds. The fourth-order valence-corrected chi connectivity index (χ4v) is 4.84. The summed E-state index contributed by atoms with van der Waals surface area (Å²) in [5, 5.41) is 2.85. The molecule has 1 aromatic rings. The van der Waals surface area contributed by atoms with Crippen LogP contribution < -0.4 is 5.32 Å². The molecular weight excluding hydrogens is 352 g/mol. The highest BCUT2D eigenvalue weighted by Gasteiger charge is 2.44. The van der Waals surface area contributed by atoms with Gasteiger partial charge in [-0.2, -0.15) is 0 Å². The fraction of sp³-hybridized carbons (Fsp3) is 0.636. The van der Waals surface area contributed by atoms with E-state index < -0.39 is 0 Å². The minimum absolute atomic E-state index is 0.0604. The smallest absolute Gasteiger partial charge is 0.253 e. The second-order valence-corrected chi connectivity index (χ2v) is 9.01. The van der Waals surface area contributed by atoms with E-state index in [1.165, 1.54) is 12.8 Å². The molecule has 0 bridgehead atoms. The molecule has 0 heterocycles. The van der Waals surface area contributed by atoms with E-state index in [-0.39, 0.29) is 11.8 Å². The lowest BCUT2D eigenvalue weighted by molar-refractivity contribution is -0.116. The van der Waals surface area contributed by atoms with E-state index in [1.54, 1.807) is 12.1 Å². The van der Waals surface area contributed by atoms with Crippen molar-refractivity contribution in [1.29, 1.82) is 0 Å². The Labute approximate surface area is 168 Å². The van der Waals surface area contributed by atoms with E-state index in [4.69, 9.17) is 0 Å². The average Bonchev–Trinajstić information content (AvgIpc) is 3.19. The van der Waals surface area contributed by atoms with E-state index >= 15 is 0 Å². The maximum atomic E-state index is 12.9. The molecule has 6 heteroatoms. The van der Waals surface area contributed by atoms with Gasteiger partial charge in [-0.3, -0.25) is 9.59 Å². The summed E-state index contributed by atoms with van der Waals surface area (Å²) in [6.07, 6.45) is 4.76. The Hall–Kier alpha value is -1.92. The lowest BCUT2D eigenvalue weighted by atomic mass is 10.0. The van der Waals surface area contributed by atoms with Crippen LogP contribution in [0.2, 0.25) is 0 Å². The van der Waals surface area contributed by atoms with Crippen LogP contribution in [0.1, 0.15) is 36.0 Å². The number of carbonyl (C=O) groups excluding carboxylic acids is 2. The highest BCUT2D eigenvalue weighted by Crippen LogP contribution is 2.46. The van der Waals surface area contributed by atoms with Crippen LogP contribution in [0.4, 0.5) is 5.69 Å². The molecule has 0 radical (unpaired) electrons. The first-order chi connectivity index (χ1) is 13.2. The molecule has 0 aromatic heterocycles. The van der Waals surface area contributed by atoms with Gasteiger partial charge in [-0.05, 0) is 90.0 Å². The Morgan fingerprint density at radius 2 is 1.43 bits per heavy atom. The summed E-state index contributed by atoms with van der Waals surface area (Å²) in [6, 6.07) is 8.26. The third-order valence-corrected chi connectivity index (χ3v) is 6.44. The summed E-state index contributed by atoms with van der Waals surface area (Å²) >= 11 is 0. The number of hydrogen-bond acceptors (Lipinski definition) is 4. The number of fused-ring (bicyclic) bond motifs is 1. The molecule has 154 valence electrons. The van der Waals surface area contributed by atoms with E-state index in [0.717, 1.165) is 30.4 Å². The monoisotopic (exact) mass is 386 g/mol. The van der Waals surface area contributed by atoms with Crippen molar-refractivity contribution in [3.05, 3.63) is 29.8 Å². The van der Waals surface area contributed by atoms with Crippen LogP contribution in [0.3, 0.4) is 0 Å². The number of benzene rings is 1. The molecule has 28 heavy (non-hydrogen) atoms. The predicted molar refractivity (Wildman–Crippen MR) is 112 cm³/mol. The van der Waals surface area contributed by atoms with Gasteiger partial charge in [0, 0.05) is 30.4 Å². The SMILES string of the molecule is CN(C)CC(=O)Nc1ccc(C(=O)N(C)C2C[C@H]3CC(N(C)C)C[C@H]3C2)cc1. The molecule has 2 aliphatic rings. The number of amides is 2. The highest BCUT2D eigenvalue weighted by atomic mass is 16.2. The molecule has 2 unspecified atom stereocenters. The third-order valence-electron chi connectivity index (χ3n) is 6.44. The Morgan fingerprint density at radius 3 is 1.93 bits per heavy atom. The van der Waals surface area contributed by atoms with Crippen molar-refractivity contribution < 1.29 is 9.59 Å². The quantitative estimate of drug-likeness (QED) is 0.816. The van der Waals surface area contributed by atoms with Crippen LogP contribution in [-0.4, -0.2) is 80.4 Å². The number of anilines is 1. The number of hydrogen-bond donors (Lipinski definition) is 1. The Morgan fingerprint density at radius 1 is 0.893 bits per heavy atom. The largest absolute Gasteiger partial charge is 0.339 e. The zero-order valence-electron chi connectivity index (χ0n) is 17.8. The van der Waals surface area contributed by atoms with Gasteiger partial charge in [-0.1, -0.05) is 0 Å². The molecule has 0 spiro atoms. The van der Waals surface area contributed by atoms with Gasteiger partial charge < -0.3 is 20.0 Å². The van der Waals surface area contributed by atoms with E-state index in [1.807, 2.05) is 43.1 Å². The summed E-state index contributed by atoms with van der Waals surface area (Å²) in [5.74, 6) is 1.51. The van der Waals surface area contributed by atoms with E-state index in [2.05, 4.69) is 24.3 Å². The number of carbonyl (C=O) groups is 2. The van der Waals surface area contributed by atoms with Crippen LogP contribution in [0, 0.1) is 11.8 Å². The molecule has 2 saturated carbocycles. The molecule has 2 aliphatic carbocycles. The first kappa shape index (κ1) is 20.8. The fourth-order valence-electron chi connectivity index (χ4n) is 4.84. The van der Waals surface area contributed by atoms with Crippen LogP contribution in [-0.2, 0) is 4.79 Å². The second kappa shape index (κ2) is 8.62. The molecule has 1 N–H and O–H groups in total. The standard InChI is InChI=1S/C22H34N4O2/c1-24(2)14-21(27)23-18-8-6-15(7-9-18)22(28)26(5)20-12-16-10-19(25(3)4)11-17(16)13-20/h6-9,16-17,19-20H,10-14H2,1-5H3,(H,23,27)/t16-,17+,19?,20?. The molecule has 3 rings (SSSR count). The van der Waals surface area contributed by atoms with Gasteiger partial charge in [0.1, 0.15) is 0 Å². The van der Waals surface area contributed by atoms with Crippen LogP contribution in [0.5, 0.6) is 0 Å². The molecule has 6 nitrogen and oxygen atoms in total. The minimum atomic E-state index is -0.0604. The van der Waals surface area contributed by atoms with Gasteiger partial charge in [-0.15, -0.1) is 0 Å². The predicted octanol–water partition coefficient (Wildman–Crippen LogP) is 2.38. The van der Waals surface area contributed by atoms with Crippen molar-refractivity contribution in [3.8, 4) is 0 Å². The van der Waals surface area contributed by atoms with Crippen molar-refractivity contribution in [2.45, 2.75) is 37.8 Å². The average molecular weight is 387 g/mol. The maximum Gasteiger partial charge on any atom is 0.253 e. The number of nitrogens with zero attached hydrogens (tertiary/aromatic N) is 3. The number of rotatable bonds is 6. The Kier molecular flexibility index (Phi) is 6.40. The van der Waals surface area contributed by atoms with Gasteiger partial charge >= 0.3 is 0 Å². The van der Waals surface area contributed by atoms with Crippen LogP contribution in [0.15, 0.2) is 24.3 Å². The van der Waals surface area contributed by atoms with Crippen molar-refractivity contribution >= 4 is 17.5 Å². The van der Waals surface area contributed by atoms with E-state index in [9.17, 15) is 9.59 Å². The van der Waals surface area contributed by atoms with Gasteiger partial charge in [0.05, 0.1) is 6.54 Å². The van der Waals surface area contributed by atoms with Gasteiger partial charge in [-0.25, -0.2) is 0 Å².